The topological polar surface area (TPSA) is 31.1 Å². The summed E-state index contributed by atoms with van der Waals surface area (Å²) in [7, 11) is 0. The Labute approximate surface area is 151 Å². The summed E-state index contributed by atoms with van der Waals surface area (Å²) in [5.41, 5.74) is 2.93. The molecule has 2 heterocycles. The molecule has 0 atom stereocenters. The number of para-hydroxylation sites is 2. The van der Waals surface area contributed by atoms with E-state index >= 15 is 0 Å². The Morgan fingerprint density at radius 2 is 1.80 bits per heavy atom. The zero-order valence-corrected chi connectivity index (χ0v) is 14.7. The van der Waals surface area contributed by atoms with Crippen molar-refractivity contribution in [1.82, 2.24) is 9.88 Å². The summed E-state index contributed by atoms with van der Waals surface area (Å²) in [6.45, 7) is 1.75. The Kier molecular flexibility index (Phi) is 4.40. The van der Waals surface area contributed by atoms with Crippen LogP contribution in [0.5, 0.6) is 0 Å². The van der Waals surface area contributed by atoms with E-state index in [0.717, 1.165) is 25.9 Å². The molecule has 1 saturated heterocycles. The molecule has 1 fully saturated rings. The van der Waals surface area contributed by atoms with Gasteiger partial charge < -0.3 is 15.2 Å². The average Bonchev–Trinajstić information content (AvgIpc) is 3.08. The Morgan fingerprint density at radius 1 is 1.08 bits per heavy atom. The number of fused-ring (bicyclic) bond motifs is 1. The van der Waals surface area contributed by atoms with Crippen LogP contribution in [0.15, 0.2) is 54.6 Å². The van der Waals surface area contributed by atoms with Crippen molar-refractivity contribution in [3.63, 3.8) is 0 Å². The number of halogens is 1. The van der Waals surface area contributed by atoms with Crippen molar-refractivity contribution in [2.45, 2.75) is 18.8 Å². The highest BCUT2D eigenvalue weighted by molar-refractivity contribution is 7.80. The molecule has 0 aliphatic carbocycles. The van der Waals surface area contributed by atoms with E-state index in [1.165, 1.54) is 22.7 Å². The standard InChI is InChI=1S/C20H20FN3S/c21-16-6-2-4-8-18(16)23-20(25)24-11-9-14(10-12-24)19-13-15-5-1-3-7-17(15)22-19/h1-8,13-14,22H,9-12H2,(H,23,25). The van der Waals surface area contributed by atoms with Gasteiger partial charge in [0.15, 0.2) is 5.11 Å². The first-order valence-electron chi connectivity index (χ1n) is 8.59. The third-order valence-electron chi connectivity index (χ3n) is 4.89. The van der Waals surface area contributed by atoms with E-state index in [2.05, 4.69) is 45.5 Å². The highest BCUT2D eigenvalue weighted by Crippen LogP contribution is 2.30. The number of H-pyrrole nitrogens is 1. The van der Waals surface area contributed by atoms with Gasteiger partial charge in [-0.15, -0.1) is 0 Å². The van der Waals surface area contributed by atoms with Gasteiger partial charge in [0.1, 0.15) is 5.82 Å². The van der Waals surface area contributed by atoms with Crippen LogP contribution in [-0.2, 0) is 0 Å². The van der Waals surface area contributed by atoms with Gasteiger partial charge >= 0.3 is 0 Å². The third kappa shape index (κ3) is 3.37. The minimum Gasteiger partial charge on any atom is -0.358 e. The van der Waals surface area contributed by atoms with E-state index < -0.39 is 0 Å². The molecule has 25 heavy (non-hydrogen) atoms. The van der Waals surface area contributed by atoms with E-state index in [1.54, 1.807) is 18.2 Å². The second-order valence-electron chi connectivity index (χ2n) is 6.48. The molecule has 3 aromatic rings. The molecule has 5 heteroatoms. The Hall–Kier alpha value is -2.40. The summed E-state index contributed by atoms with van der Waals surface area (Å²) in [6, 6.07) is 17.2. The van der Waals surface area contributed by atoms with Gasteiger partial charge in [0.25, 0.3) is 0 Å². The lowest BCUT2D eigenvalue weighted by atomic mass is 9.94. The molecule has 1 aliphatic heterocycles. The number of benzene rings is 2. The van der Waals surface area contributed by atoms with Gasteiger partial charge in [-0.25, -0.2) is 4.39 Å². The smallest absolute Gasteiger partial charge is 0.173 e. The van der Waals surface area contributed by atoms with Gasteiger partial charge in [0.2, 0.25) is 0 Å². The number of rotatable bonds is 2. The molecule has 0 bridgehead atoms. The molecule has 0 unspecified atom stereocenters. The molecule has 4 rings (SSSR count). The lowest BCUT2D eigenvalue weighted by molar-refractivity contribution is 0.314. The van der Waals surface area contributed by atoms with Gasteiger partial charge in [0, 0.05) is 30.2 Å². The van der Waals surface area contributed by atoms with Crippen molar-refractivity contribution in [3.05, 3.63) is 66.1 Å². The SMILES string of the molecule is Fc1ccccc1NC(=S)N1CCC(c2cc3ccccc3[nH]2)CC1. The van der Waals surface area contributed by atoms with Crippen LogP contribution in [0, 0.1) is 5.82 Å². The Bertz CT molecular complexity index is 864. The minimum atomic E-state index is -0.280. The quantitative estimate of drug-likeness (QED) is 0.644. The number of hydrogen-bond donors (Lipinski definition) is 2. The average molecular weight is 353 g/mol. The molecule has 0 spiro atoms. The summed E-state index contributed by atoms with van der Waals surface area (Å²) in [6.07, 6.45) is 2.07. The maximum Gasteiger partial charge on any atom is 0.173 e. The van der Waals surface area contributed by atoms with Crippen molar-refractivity contribution >= 4 is 33.9 Å². The predicted molar refractivity (Wildman–Crippen MR) is 104 cm³/mol. The fourth-order valence-electron chi connectivity index (χ4n) is 3.47. The number of nitrogens with one attached hydrogen (secondary N) is 2. The highest BCUT2D eigenvalue weighted by Gasteiger charge is 2.23. The summed E-state index contributed by atoms with van der Waals surface area (Å²) in [5.74, 6) is 0.234. The van der Waals surface area contributed by atoms with Gasteiger partial charge in [-0.3, -0.25) is 0 Å². The molecular weight excluding hydrogens is 333 g/mol. The van der Waals surface area contributed by atoms with Gasteiger partial charge in [0.05, 0.1) is 5.69 Å². The second kappa shape index (κ2) is 6.84. The van der Waals surface area contributed by atoms with Gasteiger partial charge in [-0.2, -0.15) is 0 Å². The number of likely N-dealkylation sites (tertiary alicyclic amines) is 1. The maximum atomic E-state index is 13.8. The number of piperidine rings is 1. The lowest BCUT2D eigenvalue weighted by Crippen LogP contribution is -2.40. The molecular formula is C20H20FN3S. The number of aromatic amines is 1. The van der Waals surface area contributed by atoms with E-state index in [-0.39, 0.29) is 5.82 Å². The molecule has 3 nitrogen and oxygen atoms in total. The monoisotopic (exact) mass is 353 g/mol. The fourth-order valence-corrected chi connectivity index (χ4v) is 3.76. The Balaban J connectivity index is 1.39. The van der Waals surface area contributed by atoms with Crippen LogP contribution in [0.4, 0.5) is 10.1 Å². The summed E-state index contributed by atoms with van der Waals surface area (Å²) >= 11 is 5.46. The van der Waals surface area contributed by atoms with Crippen molar-refractivity contribution in [1.29, 1.82) is 0 Å². The van der Waals surface area contributed by atoms with Gasteiger partial charge in [-0.1, -0.05) is 30.3 Å². The zero-order chi connectivity index (χ0) is 17.2. The van der Waals surface area contributed by atoms with Crippen LogP contribution in [0.1, 0.15) is 24.5 Å². The first-order chi connectivity index (χ1) is 12.2. The van der Waals surface area contributed by atoms with E-state index in [9.17, 15) is 4.39 Å². The number of thiocarbonyl (C=S) groups is 1. The lowest BCUT2D eigenvalue weighted by Gasteiger charge is -2.33. The zero-order valence-electron chi connectivity index (χ0n) is 13.8. The molecule has 2 N–H and O–H groups in total. The minimum absolute atomic E-state index is 0.280. The molecule has 128 valence electrons. The first kappa shape index (κ1) is 16.1. The molecule has 0 saturated carbocycles. The number of anilines is 1. The predicted octanol–water partition coefficient (Wildman–Crippen LogP) is 4.88. The third-order valence-corrected chi connectivity index (χ3v) is 5.25. The molecule has 0 radical (unpaired) electrons. The van der Waals surface area contributed by atoms with Crippen molar-refractivity contribution in [2.75, 3.05) is 18.4 Å². The first-order valence-corrected chi connectivity index (χ1v) is 8.99. The second-order valence-corrected chi connectivity index (χ2v) is 6.87. The van der Waals surface area contributed by atoms with E-state index in [0.29, 0.717) is 16.7 Å². The highest BCUT2D eigenvalue weighted by atomic mass is 32.1. The summed E-state index contributed by atoms with van der Waals surface area (Å²) in [4.78, 5) is 5.67. The van der Waals surface area contributed by atoms with Crippen LogP contribution >= 0.6 is 12.2 Å². The maximum absolute atomic E-state index is 13.8. The van der Waals surface area contributed by atoms with Crippen molar-refractivity contribution < 1.29 is 4.39 Å². The summed E-state index contributed by atoms with van der Waals surface area (Å²) in [5, 5.41) is 4.89. The Morgan fingerprint density at radius 3 is 2.56 bits per heavy atom. The normalized spacial score (nSPS) is 15.5. The number of nitrogens with zero attached hydrogens (tertiary/aromatic N) is 1. The van der Waals surface area contributed by atoms with Crippen LogP contribution in [0.25, 0.3) is 10.9 Å². The largest absolute Gasteiger partial charge is 0.358 e. The van der Waals surface area contributed by atoms with E-state index in [1.807, 2.05) is 0 Å². The molecule has 1 aromatic heterocycles. The van der Waals surface area contributed by atoms with Crippen molar-refractivity contribution in [3.8, 4) is 0 Å². The van der Waals surface area contributed by atoms with Crippen LogP contribution in [0.2, 0.25) is 0 Å². The van der Waals surface area contributed by atoms with Gasteiger partial charge in [-0.05, 0) is 54.7 Å². The number of hydrogen-bond acceptors (Lipinski definition) is 1. The number of aromatic nitrogens is 1. The van der Waals surface area contributed by atoms with Crippen LogP contribution < -0.4 is 5.32 Å². The van der Waals surface area contributed by atoms with Crippen LogP contribution in [-0.4, -0.2) is 28.1 Å². The molecule has 0 amide bonds. The van der Waals surface area contributed by atoms with E-state index in [4.69, 9.17) is 12.2 Å². The fraction of sp³-hybridized carbons (Fsp3) is 0.250. The summed E-state index contributed by atoms with van der Waals surface area (Å²) < 4.78 is 13.8. The molecule has 1 aliphatic rings. The van der Waals surface area contributed by atoms with Crippen molar-refractivity contribution in [2.24, 2.45) is 0 Å². The van der Waals surface area contributed by atoms with Crippen LogP contribution in [0.3, 0.4) is 0 Å². The molecule has 2 aromatic carbocycles.